The first-order chi connectivity index (χ1) is 9.01. The molecule has 0 aromatic heterocycles. The molecule has 3 heteroatoms. The van der Waals surface area contributed by atoms with E-state index in [0.29, 0.717) is 6.61 Å². The van der Waals surface area contributed by atoms with E-state index in [4.69, 9.17) is 4.74 Å². The molecule has 0 radical (unpaired) electrons. The standard InChI is InChI=1S/C16H26BrNO/c1-5-10-18-11-9-16(3,4)14-8-7-13(19-6-2)12-15(14)17/h7-8,12,18H,5-6,9-11H2,1-4H3. The molecule has 0 saturated heterocycles. The monoisotopic (exact) mass is 327 g/mol. The van der Waals surface area contributed by atoms with Crippen molar-refractivity contribution in [2.45, 2.75) is 46.0 Å². The summed E-state index contributed by atoms with van der Waals surface area (Å²) in [7, 11) is 0. The molecule has 1 aromatic rings. The third kappa shape index (κ3) is 5.15. The Morgan fingerprint density at radius 2 is 1.95 bits per heavy atom. The van der Waals surface area contributed by atoms with Gasteiger partial charge in [0.25, 0.3) is 0 Å². The molecule has 0 saturated carbocycles. The van der Waals surface area contributed by atoms with Crippen LogP contribution in [-0.2, 0) is 5.41 Å². The Morgan fingerprint density at radius 1 is 1.21 bits per heavy atom. The molecule has 0 spiro atoms. The summed E-state index contributed by atoms with van der Waals surface area (Å²) >= 11 is 3.68. The molecule has 19 heavy (non-hydrogen) atoms. The van der Waals surface area contributed by atoms with Gasteiger partial charge in [0.1, 0.15) is 5.75 Å². The van der Waals surface area contributed by atoms with Crippen molar-refractivity contribution in [2.75, 3.05) is 19.7 Å². The van der Waals surface area contributed by atoms with Gasteiger partial charge in [0, 0.05) is 4.47 Å². The summed E-state index contributed by atoms with van der Waals surface area (Å²) in [5, 5.41) is 3.47. The van der Waals surface area contributed by atoms with Crippen LogP contribution in [0.15, 0.2) is 22.7 Å². The summed E-state index contributed by atoms with van der Waals surface area (Å²) in [5.41, 5.74) is 1.50. The van der Waals surface area contributed by atoms with E-state index in [1.165, 1.54) is 12.0 Å². The van der Waals surface area contributed by atoms with Crippen LogP contribution >= 0.6 is 15.9 Å². The van der Waals surface area contributed by atoms with E-state index in [9.17, 15) is 0 Å². The fourth-order valence-corrected chi connectivity index (χ4v) is 3.03. The van der Waals surface area contributed by atoms with Gasteiger partial charge in [-0.25, -0.2) is 0 Å². The molecular weight excluding hydrogens is 302 g/mol. The molecule has 0 atom stereocenters. The first kappa shape index (κ1) is 16.5. The van der Waals surface area contributed by atoms with Crippen molar-refractivity contribution in [3.8, 4) is 5.75 Å². The van der Waals surface area contributed by atoms with E-state index >= 15 is 0 Å². The van der Waals surface area contributed by atoms with Crippen LogP contribution in [0.5, 0.6) is 5.75 Å². The second-order valence-electron chi connectivity index (χ2n) is 5.46. The average molecular weight is 328 g/mol. The smallest absolute Gasteiger partial charge is 0.120 e. The minimum Gasteiger partial charge on any atom is -0.494 e. The van der Waals surface area contributed by atoms with E-state index in [1.54, 1.807) is 0 Å². The Balaban J connectivity index is 2.71. The van der Waals surface area contributed by atoms with Crippen LogP contribution in [0.1, 0.15) is 46.1 Å². The lowest BCUT2D eigenvalue weighted by molar-refractivity contribution is 0.339. The Labute approximate surface area is 126 Å². The molecule has 1 rings (SSSR count). The average Bonchev–Trinajstić information content (AvgIpc) is 2.35. The van der Waals surface area contributed by atoms with Crippen molar-refractivity contribution in [3.05, 3.63) is 28.2 Å². The molecule has 1 N–H and O–H groups in total. The SMILES string of the molecule is CCCNCCC(C)(C)c1ccc(OCC)cc1Br. The maximum Gasteiger partial charge on any atom is 0.120 e. The second kappa shape index (κ2) is 7.91. The van der Waals surface area contributed by atoms with Crippen molar-refractivity contribution in [2.24, 2.45) is 0 Å². The summed E-state index contributed by atoms with van der Waals surface area (Å²) in [5.74, 6) is 0.929. The highest BCUT2D eigenvalue weighted by Gasteiger charge is 2.22. The maximum absolute atomic E-state index is 5.53. The van der Waals surface area contributed by atoms with Crippen molar-refractivity contribution < 1.29 is 4.74 Å². The van der Waals surface area contributed by atoms with Crippen molar-refractivity contribution in [1.29, 1.82) is 0 Å². The summed E-state index contributed by atoms with van der Waals surface area (Å²) in [6.07, 6.45) is 2.31. The molecule has 0 amide bonds. The Bertz CT molecular complexity index is 390. The van der Waals surface area contributed by atoms with Crippen LogP contribution in [0.25, 0.3) is 0 Å². The van der Waals surface area contributed by atoms with Crippen LogP contribution in [-0.4, -0.2) is 19.7 Å². The Morgan fingerprint density at radius 3 is 2.53 bits per heavy atom. The third-order valence-corrected chi connectivity index (χ3v) is 3.99. The van der Waals surface area contributed by atoms with Crippen LogP contribution in [0.3, 0.4) is 0 Å². The van der Waals surface area contributed by atoms with Crippen molar-refractivity contribution in [3.63, 3.8) is 0 Å². The van der Waals surface area contributed by atoms with Gasteiger partial charge in [-0.15, -0.1) is 0 Å². The first-order valence-corrected chi connectivity index (χ1v) is 7.94. The Kier molecular flexibility index (Phi) is 6.87. The van der Waals surface area contributed by atoms with Crippen molar-refractivity contribution in [1.82, 2.24) is 5.32 Å². The van der Waals surface area contributed by atoms with Crippen molar-refractivity contribution >= 4 is 15.9 Å². The molecule has 0 fully saturated rings. The number of ether oxygens (including phenoxy) is 1. The fraction of sp³-hybridized carbons (Fsp3) is 0.625. The van der Waals surface area contributed by atoms with Crippen LogP contribution in [0, 0.1) is 0 Å². The summed E-state index contributed by atoms with van der Waals surface area (Å²) in [6, 6.07) is 6.31. The highest BCUT2D eigenvalue weighted by atomic mass is 79.9. The molecule has 0 aliphatic rings. The van der Waals surface area contributed by atoms with Crippen LogP contribution in [0.2, 0.25) is 0 Å². The zero-order valence-electron chi connectivity index (χ0n) is 12.6. The zero-order chi connectivity index (χ0) is 14.3. The zero-order valence-corrected chi connectivity index (χ0v) is 14.1. The van der Waals surface area contributed by atoms with Gasteiger partial charge in [0.15, 0.2) is 0 Å². The predicted octanol–water partition coefficient (Wildman–Crippen LogP) is 4.52. The largest absolute Gasteiger partial charge is 0.494 e. The molecule has 1 aromatic carbocycles. The number of benzene rings is 1. The molecule has 108 valence electrons. The minimum atomic E-state index is 0.157. The lowest BCUT2D eigenvalue weighted by Crippen LogP contribution is -2.26. The number of halogens is 1. The normalized spacial score (nSPS) is 11.6. The van der Waals surface area contributed by atoms with E-state index in [1.807, 2.05) is 6.92 Å². The number of hydrogen-bond donors (Lipinski definition) is 1. The lowest BCUT2D eigenvalue weighted by Gasteiger charge is -2.27. The topological polar surface area (TPSA) is 21.3 Å². The predicted molar refractivity (Wildman–Crippen MR) is 86.1 cm³/mol. The van der Waals surface area contributed by atoms with Gasteiger partial charge in [-0.05, 0) is 56.0 Å². The van der Waals surface area contributed by atoms with Gasteiger partial charge >= 0.3 is 0 Å². The van der Waals surface area contributed by atoms with Crippen LogP contribution in [0.4, 0.5) is 0 Å². The molecule has 0 aliphatic heterocycles. The highest BCUT2D eigenvalue weighted by Crippen LogP contribution is 2.34. The van der Waals surface area contributed by atoms with Gasteiger partial charge in [0.05, 0.1) is 6.61 Å². The van der Waals surface area contributed by atoms with E-state index in [-0.39, 0.29) is 5.41 Å². The first-order valence-electron chi connectivity index (χ1n) is 7.14. The number of hydrogen-bond acceptors (Lipinski definition) is 2. The third-order valence-electron chi connectivity index (χ3n) is 3.33. The van der Waals surface area contributed by atoms with Gasteiger partial charge in [-0.1, -0.05) is 42.8 Å². The minimum absolute atomic E-state index is 0.157. The van der Waals surface area contributed by atoms with Crippen LogP contribution < -0.4 is 10.1 Å². The number of nitrogens with one attached hydrogen (secondary N) is 1. The van der Waals surface area contributed by atoms with E-state index < -0.39 is 0 Å². The molecule has 0 heterocycles. The van der Waals surface area contributed by atoms with Gasteiger partial charge < -0.3 is 10.1 Å². The second-order valence-corrected chi connectivity index (χ2v) is 6.31. The van der Waals surface area contributed by atoms with Gasteiger partial charge in [0.2, 0.25) is 0 Å². The molecule has 0 unspecified atom stereocenters. The Hall–Kier alpha value is -0.540. The quantitative estimate of drug-likeness (QED) is 0.709. The van der Waals surface area contributed by atoms with Gasteiger partial charge in [-0.3, -0.25) is 0 Å². The number of rotatable bonds is 8. The highest BCUT2D eigenvalue weighted by molar-refractivity contribution is 9.10. The molecule has 0 bridgehead atoms. The fourth-order valence-electron chi connectivity index (χ4n) is 2.14. The lowest BCUT2D eigenvalue weighted by atomic mass is 9.81. The summed E-state index contributed by atoms with van der Waals surface area (Å²) in [6.45, 7) is 11.6. The van der Waals surface area contributed by atoms with E-state index in [2.05, 4.69) is 60.2 Å². The summed E-state index contributed by atoms with van der Waals surface area (Å²) < 4.78 is 6.66. The van der Waals surface area contributed by atoms with Gasteiger partial charge in [-0.2, -0.15) is 0 Å². The summed E-state index contributed by atoms with van der Waals surface area (Å²) in [4.78, 5) is 0. The van der Waals surface area contributed by atoms with E-state index in [0.717, 1.165) is 29.7 Å². The molecule has 2 nitrogen and oxygen atoms in total. The molecule has 0 aliphatic carbocycles. The molecular formula is C16H26BrNO. The maximum atomic E-state index is 5.53.